The molecule has 0 amide bonds. The van der Waals surface area contributed by atoms with Crippen LogP contribution in [-0.2, 0) is 16.1 Å². The third kappa shape index (κ3) is 5.18. The van der Waals surface area contributed by atoms with Crippen LogP contribution in [0, 0.1) is 16.0 Å². The van der Waals surface area contributed by atoms with Gasteiger partial charge in [0.05, 0.1) is 29.6 Å². The molecule has 26 heavy (non-hydrogen) atoms. The van der Waals surface area contributed by atoms with Crippen molar-refractivity contribution in [1.82, 2.24) is 10.2 Å². The molecule has 1 N–H and O–H groups in total. The number of nitrogens with zero attached hydrogens (tertiary/aromatic N) is 3. The van der Waals surface area contributed by atoms with Crippen LogP contribution in [0.15, 0.2) is 29.3 Å². The molecule has 2 rings (SSSR count). The van der Waals surface area contributed by atoms with Gasteiger partial charge in [-0.05, 0) is 26.7 Å². The van der Waals surface area contributed by atoms with E-state index >= 15 is 0 Å². The van der Waals surface area contributed by atoms with Gasteiger partial charge in [-0.3, -0.25) is 14.9 Å². The van der Waals surface area contributed by atoms with Crippen molar-refractivity contribution in [1.29, 1.82) is 0 Å². The number of para-hydroxylation sites is 1. The normalized spacial score (nSPS) is 15.6. The van der Waals surface area contributed by atoms with Crippen molar-refractivity contribution in [2.75, 3.05) is 26.2 Å². The maximum atomic E-state index is 11.9. The fourth-order valence-electron chi connectivity index (χ4n) is 3.00. The van der Waals surface area contributed by atoms with Gasteiger partial charge in [0.1, 0.15) is 0 Å². The molecule has 0 unspecified atom stereocenters. The zero-order chi connectivity index (χ0) is 18.9. The van der Waals surface area contributed by atoms with Gasteiger partial charge >= 0.3 is 5.97 Å². The Hall–Kier alpha value is -2.64. The quantitative estimate of drug-likeness (QED) is 0.274. The molecule has 142 valence electrons. The maximum Gasteiger partial charge on any atom is 0.309 e. The zero-order valence-electron chi connectivity index (χ0n) is 15.3. The van der Waals surface area contributed by atoms with Crippen LogP contribution in [-0.4, -0.2) is 48.0 Å². The summed E-state index contributed by atoms with van der Waals surface area (Å²) in [5.74, 6) is 0.520. The van der Waals surface area contributed by atoms with Crippen molar-refractivity contribution in [3.8, 4) is 0 Å². The van der Waals surface area contributed by atoms with Gasteiger partial charge in [-0.2, -0.15) is 0 Å². The molecule has 1 saturated heterocycles. The van der Waals surface area contributed by atoms with Gasteiger partial charge in [-0.15, -0.1) is 0 Å². The van der Waals surface area contributed by atoms with Crippen LogP contribution >= 0.6 is 0 Å². The highest BCUT2D eigenvalue weighted by molar-refractivity contribution is 5.80. The molecule has 0 spiro atoms. The molecule has 0 bridgehead atoms. The first-order chi connectivity index (χ1) is 12.6. The van der Waals surface area contributed by atoms with Gasteiger partial charge in [0.2, 0.25) is 0 Å². The number of guanidine groups is 1. The number of nitro benzene ring substituents is 1. The van der Waals surface area contributed by atoms with E-state index in [-0.39, 0.29) is 29.0 Å². The van der Waals surface area contributed by atoms with Gasteiger partial charge in [-0.1, -0.05) is 18.2 Å². The third-order valence-electron chi connectivity index (χ3n) is 4.34. The first kappa shape index (κ1) is 19.7. The Kier molecular flexibility index (Phi) is 7.37. The number of rotatable bonds is 6. The molecule has 0 radical (unpaired) electrons. The van der Waals surface area contributed by atoms with E-state index in [0.717, 1.165) is 0 Å². The summed E-state index contributed by atoms with van der Waals surface area (Å²) < 4.78 is 5.10. The van der Waals surface area contributed by atoms with Crippen molar-refractivity contribution < 1.29 is 14.5 Å². The summed E-state index contributed by atoms with van der Waals surface area (Å²) in [6, 6.07) is 6.63. The first-order valence-electron chi connectivity index (χ1n) is 8.99. The number of carbonyl (C=O) groups excluding carboxylic acids is 1. The molecule has 1 fully saturated rings. The molecule has 0 atom stereocenters. The lowest BCUT2D eigenvalue weighted by molar-refractivity contribution is -0.385. The highest BCUT2D eigenvalue weighted by Gasteiger charge is 2.27. The van der Waals surface area contributed by atoms with Crippen molar-refractivity contribution in [3.05, 3.63) is 39.9 Å². The second kappa shape index (κ2) is 9.74. The summed E-state index contributed by atoms with van der Waals surface area (Å²) >= 11 is 0. The molecule has 1 aromatic carbocycles. The number of aliphatic imine (C=N–C) groups is 1. The molecular weight excluding hydrogens is 336 g/mol. The number of hydrogen-bond acceptors (Lipinski definition) is 5. The second-order valence-electron chi connectivity index (χ2n) is 6.07. The third-order valence-corrected chi connectivity index (χ3v) is 4.34. The molecule has 1 aromatic rings. The van der Waals surface area contributed by atoms with E-state index in [1.807, 2.05) is 13.8 Å². The summed E-state index contributed by atoms with van der Waals surface area (Å²) in [5.41, 5.74) is 0.655. The fraction of sp³-hybridized carbons (Fsp3) is 0.556. The van der Waals surface area contributed by atoms with Gasteiger partial charge in [-0.25, -0.2) is 4.99 Å². The van der Waals surface area contributed by atoms with E-state index in [1.54, 1.807) is 18.2 Å². The van der Waals surface area contributed by atoms with Crippen LogP contribution in [0.4, 0.5) is 5.69 Å². The minimum atomic E-state index is -0.386. The van der Waals surface area contributed by atoms with E-state index in [4.69, 9.17) is 4.74 Å². The maximum absolute atomic E-state index is 11.9. The summed E-state index contributed by atoms with van der Waals surface area (Å²) in [6.45, 7) is 6.53. The number of piperidine rings is 1. The van der Waals surface area contributed by atoms with Crippen LogP contribution in [0.25, 0.3) is 0 Å². The lowest BCUT2D eigenvalue weighted by Crippen LogP contribution is -2.46. The Balaban J connectivity index is 2.04. The number of nitro groups is 1. The predicted molar refractivity (Wildman–Crippen MR) is 98.8 cm³/mol. The monoisotopic (exact) mass is 362 g/mol. The molecule has 0 saturated carbocycles. The average Bonchev–Trinajstić information content (AvgIpc) is 2.65. The molecular formula is C18H26N4O4. The minimum absolute atomic E-state index is 0.0655. The van der Waals surface area contributed by atoms with Crippen LogP contribution in [0.1, 0.15) is 32.3 Å². The molecule has 0 aromatic heterocycles. The van der Waals surface area contributed by atoms with Crippen molar-refractivity contribution in [2.45, 2.75) is 33.2 Å². The summed E-state index contributed by atoms with van der Waals surface area (Å²) in [4.78, 5) is 29.3. The number of carbonyl (C=O) groups is 1. The van der Waals surface area contributed by atoms with Gasteiger partial charge in [0, 0.05) is 25.7 Å². The molecule has 1 aliphatic heterocycles. The summed E-state index contributed by atoms with van der Waals surface area (Å²) in [5, 5.41) is 14.4. The van der Waals surface area contributed by atoms with Crippen LogP contribution < -0.4 is 5.32 Å². The molecule has 1 heterocycles. The molecule has 8 nitrogen and oxygen atoms in total. The predicted octanol–water partition coefficient (Wildman–Crippen LogP) is 2.34. The lowest BCUT2D eigenvalue weighted by Gasteiger charge is -2.33. The molecule has 8 heteroatoms. The summed E-state index contributed by atoms with van der Waals surface area (Å²) in [6.07, 6.45) is 1.43. The number of esters is 1. The first-order valence-corrected chi connectivity index (χ1v) is 8.99. The number of likely N-dealkylation sites (tertiary alicyclic amines) is 1. The van der Waals surface area contributed by atoms with Crippen LogP contribution in [0.2, 0.25) is 0 Å². The number of hydrogen-bond donors (Lipinski definition) is 1. The van der Waals surface area contributed by atoms with E-state index in [1.165, 1.54) is 6.07 Å². The molecule has 0 aliphatic carbocycles. The SMILES string of the molecule is CCNC(=NCc1ccccc1[N+](=O)[O-])N1CCC(C(=O)OCC)CC1. The van der Waals surface area contributed by atoms with Crippen LogP contribution in [0.5, 0.6) is 0 Å². The Morgan fingerprint density at radius 2 is 2.04 bits per heavy atom. The minimum Gasteiger partial charge on any atom is -0.466 e. The van der Waals surface area contributed by atoms with E-state index < -0.39 is 0 Å². The lowest BCUT2D eigenvalue weighted by atomic mass is 9.97. The topological polar surface area (TPSA) is 97.1 Å². The van der Waals surface area contributed by atoms with Crippen molar-refractivity contribution in [3.63, 3.8) is 0 Å². The number of nitrogens with one attached hydrogen (secondary N) is 1. The highest BCUT2D eigenvalue weighted by Crippen LogP contribution is 2.21. The standard InChI is InChI=1S/C18H26N4O4/c1-3-19-18(20-13-15-7-5-6-8-16(15)22(24)25)21-11-9-14(10-12-21)17(23)26-4-2/h5-8,14H,3-4,9-13H2,1-2H3,(H,19,20). The van der Waals surface area contributed by atoms with E-state index in [0.29, 0.717) is 50.6 Å². The van der Waals surface area contributed by atoms with Gasteiger partial charge in [0.15, 0.2) is 5.96 Å². The average molecular weight is 362 g/mol. The van der Waals surface area contributed by atoms with Gasteiger partial charge in [0.25, 0.3) is 5.69 Å². The number of benzene rings is 1. The Bertz CT molecular complexity index is 654. The Labute approximate surface area is 153 Å². The smallest absolute Gasteiger partial charge is 0.309 e. The second-order valence-corrected chi connectivity index (χ2v) is 6.07. The van der Waals surface area contributed by atoms with Crippen molar-refractivity contribution >= 4 is 17.6 Å². The van der Waals surface area contributed by atoms with Crippen molar-refractivity contribution in [2.24, 2.45) is 10.9 Å². The zero-order valence-corrected chi connectivity index (χ0v) is 15.3. The Morgan fingerprint density at radius 1 is 1.35 bits per heavy atom. The van der Waals surface area contributed by atoms with Gasteiger partial charge < -0.3 is 15.0 Å². The fourth-order valence-corrected chi connectivity index (χ4v) is 3.00. The van der Waals surface area contributed by atoms with E-state index in [9.17, 15) is 14.9 Å². The molecule has 1 aliphatic rings. The Morgan fingerprint density at radius 3 is 2.65 bits per heavy atom. The van der Waals surface area contributed by atoms with E-state index in [2.05, 4.69) is 15.2 Å². The summed E-state index contributed by atoms with van der Waals surface area (Å²) in [7, 11) is 0. The largest absolute Gasteiger partial charge is 0.466 e. The van der Waals surface area contributed by atoms with Crippen LogP contribution in [0.3, 0.4) is 0 Å². The number of ether oxygens (including phenoxy) is 1. The highest BCUT2D eigenvalue weighted by atomic mass is 16.6.